The summed E-state index contributed by atoms with van der Waals surface area (Å²) in [4.78, 5) is 20.8. The van der Waals surface area contributed by atoms with Crippen LogP contribution in [0.15, 0.2) is 12.5 Å². The first-order chi connectivity index (χ1) is 10.2. The summed E-state index contributed by atoms with van der Waals surface area (Å²) in [6.07, 6.45) is 7.31. The van der Waals surface area contributed by atoms with Crippen molar-refractivity contribution < 1.29 is 9.90 Å². The lowest BCUT2D eigenvalue weighted by atomic mass is 9.98. The summed E-state index contributed by atoms with van der Waals surface area (Å²) in [5.41, 5.74) is 0.788. The van der Waals surface area contributed by atoms with Crippen molar-refractivity contribution >= 4 is 11.7 Å². The molecular weight excluding hydrogens is 270 g/mol. The Kier molecular flexibility index (Phi) is 3.59. The Morgan fingerprint density at radius 1 is 1.43 bits per heavy atom. The van der Waals surface area contributed by atoms with Crippen molar-refractivity contribution in [3.8, 4) is 0 Å². The van der Waals surface area contributed by atoms with Gasteiger partial charge >= 0.3 is 0 Å². The van der Waals surface area contributed by atoms with E-state index in [-0.39, 0.29) is 12.5 Å². The van der Waals surface area contributed by atoms with Gasteiger partial charge in [-0.1, -0.05) is 19.8 Å². The lowest BCUT2D eigenvalue weighted by Gasteiger charge is -2.28. The number of aliphatic hydroxyl groups excluding tert-OH is 1. The molecule has 0 aliphatic heterocycles. The average Bonchev–Trinajstić information content (AvgIpc) is 3.15. The first kappa shape index (κ1) is 13.9. The number of fused-ring (bicyclic) bond motifs is 1. The molecule has 2 aromatic heterocycles. The monoisotopic (exact) mass is 289 g/mol. The second-order valence-corrected chi connectivity index (χ2v) is 5.54. The molecule has 1 amide bonds. The predicted molar refractivity (Wildman–Crippen MR) is 75.9 cm³/mol. The lowest BCUT2D eigenvalue weighted by molar-refractivity contribution is 0.0836. The molecule has 0 aromatic carbocycles. The van der Waals surface area contributed by atoms with Crippen molar-refractivity contribution in [2.75, 3.05) is 6.61 Å². The van der Waals surface area contributed by atoms with Crippen LogP contribution in [-0.4, -0.2) is 42.7 Å². The van der Waals surface area contributed by atoms with Crippen molar-refractivity contribution in [2.24, 2.45) is 0 Å². The molecule has 21 heavy (non-hydrogen) atoms. The molecule has 0 unspecified atom stereocenters. The van der Waals surface area contributed by atoms with Crippen LogP contribution in [0.25, 0.3) is 5.78 Å². The maximum Gasteiger partial charge on any atom is 0.255 e. The van der Waals surface area contributed by atoms with E-state index in [1.54, 1.807) is 4.52 Å². The van der Waals surface area contributed by atoms with E-state index in [1.807, 2.05) is 6.92 Å². The second kappa shape index (κ2) is 5.40. The molecule has 2 aromatic rings. The summed E-state index contributed by atoms with van der Waals surface area (Å²) in [5, 5.41) is 16.7. The van der Waals surface area contributed by atoms with Gasteiger partial charge in [-0.2, -0.15) is 10.1 Å². The van der Waals surface area contributed by atoms with E-state index in [1.165, 1.54) is 12.5 Å². The van der Waals surface area contributed by atoms with E-state index >= 15 is 0 Å². The average molecular weight is 289 g/mol. The molecule has 0 spiro atoms. The summed E-state index contributed by atoms with van der Waals surface area (Å²) in [7, 11) is 0. The molecule has 3 rings (SSSR count). The molecule has 0 saturated heterocycles. The number of carbonyl (C=O) groups is 1. The van der Waals surface area contributed by atoms with Crippen LogP contribution in [0.1, 0.15) is 48.7 Å². The Morgan fingerprint density at radius 2 is 2.19 bits per heavy atom. The Morgan fingerprint density at radius 3 is 2.86 bits per heavy atom. The van der Waals surface area contributed by atoms with Crippen LogP contribution in [0.3, 0.4) is 0 Å². The number of amides is 1. The maximum atomic E-state index is 12.6. The third kappa shape index (κ3) is 2.37. The molecule has 112 valence electrons. The molecule has 1 fully saturated rings. The third-order valence-electron chi connectivity index (χ3n) is 4.23. The fourth-order valence-corrected chi connectivity index (χ4v) is 3.04. The van der Waals surface area contributed by atoms with Crippen LogP contribution in [0, 0.1) is 0 Å². The summed E-state index contributed by atoms with van der Waals surface area (Å²) >= 11 is 0. The van der Waals surface area contributed by atoms with Crippen molar-refractivity contribution in [3.05, 3.63) is 23.8 Å². The zero-order valence-electron chi connectivity index (χ0n) is 12.0. The highest BCUT2D eigenvalue weighted by atomic mass is 16.3. The van der Waals surface area contributed by atoms with Gasteiger partial charge in [0.1, 0.15) is 6.33 Å². The zero-order chi connectivity index (χ0) is 14.9. The second-order valence-electron chi connectivity index (χ2n) is 5.54. The molecule has 2 N–H and O–H groups in total. The quantitative estimate of drug-likeness (QED) is 0.865. The van der Waals surface area contributed by atoms with Crippen molar-refractivity contribution in [3.63, 3.8) is 0 Å². The van der Waals surface area contributed by atoms with E-state index < -0.39 is 5.54 Å². The molecular formula is C14H19N5O2. The molecule has 1 aliphatic rings. The van der Waals surface area contributed by atoms with Gasteiger partial charge < -0.3 is 10.4 Å². The van der Waals surface area contributed by atoms with E-state index in [0.717, 1.165) is 31.4 Å². The molecule has 1 aliphatic carbocycles. The van der Waals surface area contributed by atoms with Gasteiger partial charge in [-0.25, -0.2) is 9.50 Å². The number of hydrogen-bond donors (Lipinski definition) is 2. The topological polar surface area (TPSA) is 92.4 Å². The number of aliphatic hydroxyl groups is 1. The highest BCUT2D eigenvalue weighted by molar-refractivity contribution is 5.95. The minimum atomic E-state index is -0.487. The highest BCUT2D eigenvalue weighted by Gasteiger charge is 2.35. The van der Waals surface area contributed by atoms with Gasteiger partial charge in [0.25, 0.3) is 11.7 Å². The predicted octanol–water partition coefficient (Wildman–Crippen LogP) is 0.722. The molecule has 7 nitrogen and oxygen atoms in total. The minimum absolute atomic E-state index is 0.0286. The summed E-state index contributed by atoms with van der Waals surface area (Å²) in [5.74, 6) is 0.286. The van der Waals surface area contributed by atoms with Gasteiger partial charge in [-0.15, -0.1) is 0 Å². The van der Waals surface area contributed by atoms with Crippen LogP contribution in [0.2, 0.25) is 0 Å². The van der Waals surface area contributed by atoms with Gasteiger partial charge in [0.15, 0.2) is 0 Å². The number of hydrogen-bond acceptors (Lipinski definition) is 5. The normalized spacial score (nSPS) is 17.2. The summed E-state index contributed by atoms with van der Waals surface area (Å²) < 4.78 is 1.59. The van der Waals surface area contributed by atoms with Gasteiger partial charge in [0, 0.05) is 6.20 Å². The number of aromatic nitrogens is 4. The Hall–Kier alpha value is -2.02. The van der Waals surface area contributed by atoms with Crippen molar-refractivity contribution in [2.45, 2.75) is 44.6 Å². The van der Waals surface area contributed by atoms with Crippen LogP contribution in [-0.2, 0) is 6.42 Å². The van der Waals surface area contributed by atoms with Gasteiger partial charge in [0.2, 0.25) is 0 Å². The molecule has 2 heterocycles. The number of carbonyl (C=O) groups excluding carboxylic acids is 1. The van der Waals surface area contributed by atoms with Gasteiger partial charge in [-0.05, 0) is 19.3 Å². The Bertz CT molecular complexity index is 660. The first-order valence-corrected chi connectivity index (χ1v) is 7.30. The standard InChI is InChI=1S/C14H19N5O2/c1-2-11-10(7-15-13-16-9-17-19(11)13)12(21)18-14(8-20)5-3-4-6-14/h7,9,20H,2-6,8H2,1H3,(H,18,21). The third-order valence-corrected chi connectivity index (χ3v) is 4.23. The molecule has 0 atom stereocenters. The van der Waals surface area contributed by atoms with Crippen molar-refractivity contribution in [1.82, 2.24) is 24.9 Å². The Labute approximate surface area is 122 Å². The van der Waals surface area contributed by atoms with Crippen LogP contribution < -0.4 is 5.32 Å². The SMILES string of the molecule is CCc1c(C(=O)NC2(CO)CCCC2)cnc2ncnn12. The number of nitrogens with one attached hydrogen (secondary N) is 1. The van der Waals surface area contributed by atoms with E-state index in [2.05, 4.69) is 20.4 Å². The minimum Gasteiger partial charge on any atom is -0.394 e. The summed E-state index contributed by atoms with van der Waals surface area (Å²) in [6, 6.07) is 0. The molecule has 7 heteroatoms. The molecule has 0 bridgehead atoms. The van der Waals surface area contributed by atoms with Crippen LogP contribution in [0.5, 0.6) is 0 Å². The fourth-order valence-electron chi connectivity index (χ4n) is 3.04. The maximum absolute atomic E-state index is 12.6. The van der Waals surface area contributed by atoms with Crippen LogP contribution in [0.4, 0.5) is 0 Å². The van der Waals surface area contributed by atoms with E-state index in [4.69, 9.17) is 0 Å². The number of aryl methyl sites for hydroxylation is 1. The summed E-state index contributed by atoms with van der Waals surface area (Å²) in [6.45, 7) is 1.93. The molecule has 0 radical (unpaired) electrons. The molecule has 1 saturated carbocycles. The van der Waals surface area contributed by atoms with Gasteiger partial charge in [0.05, 0.1) is 23.4 Å². The fraction of sp³-hybridized carbons (Fsp3) is 0.571. The zero-order valence-corrected chi connectivity index (χ0v) is 12.0. The van der Waals surface area contributed by atoms with E-state index in [9.17, 15) is 9.90 Å². The number of rotatable bonds is 4. The van der Waals surface area contributed by atoms with E-state index in [0.29, 0.717) is 17.8 Å². The Balaban J connectivity index is 1.94. The lowest BCUT2D eigenvalue weighted by Crippen LogP contribution is -2.49. The first-order valence-electron chi connectivity index (χ1n) is 7.30. The smallest absolute Gasteiger partial charge is 0.255 e. The van der Waals surface area contributed by atoms with Crippen LogP contribution >= 0.6 is 0 Å². The highest BCUT2D eigenvalue weighted by Crippen LogP contribution is 2.29. The van der Waals surface area contributed by atoms with Crippen molar-refractivity contribution in [1.29, 1.82) is 0 Å². The number of nitrogens with zero attached hydrogens (tertiary/aromatic N) is 4. The largest absolute Gasteiger partial charge is 0.394 e. The van der Waals surface area contributed by atoms with Gasteiger partial charge in [-0.3, -0.25) is 4.79 Å².